The number of halogens is 1. The average molecular weight is 293 g/mol. The first-order valence-corrected chi connectivity index (χ1v) is 8.11. The number of benzene rings is 1. The molecule has 0 heterocycles. The van der Waals surface area contributed by atoms with Gasteiger partial charge in [0, 0.05) is 17.9 Å². The van der Waals surface area contributed by atoms with Crippen LogP contribution in [0.25, 0.3) is 0 Å². The summed E-state index contributed by atoms with van der Waals surface area (Å²) in [7, 11) is 0. The third-order valence-electron chi connectivity index (χ3n) is 3.32. The summed E-state index contributed by atoms with van der Waals surface area (Å²) >= 11 is 5.61. The van der Waals surface area contributed by atoms with Crippen LogP contribution in [-0.4, -0.2) is 12.5 Å². The third kappa shape index (κ3) is 6.87. The Balaban J connectivity index is 2.51. The second-order valence-corrected chi connectivity index (χ2v) is 5.37. The SMILES string of the molecule is CCCCC(CC)COc1cccc(C#CCCCl)c1. The Morgan fingerprint density at radius 2 is 2.15 bits per heavy atom. The molecular formula is C18H25ClO. The van der Waals surface area contributed by atoms with E-state index in [1.54, 1.807) is 0 Å². The van der Waals surface area contributed by atoms with Gasteiger partial charge in [0.1, 0.15) is 5.75 Å². The van der Waals surface area contributed by atoms with Crippen LogP contribution < -0.4 is 4.74 Å². The van der Waals surface area contributed by atoms with Gasteiger partial charge in [-0.2, -0.15) is 0 Å². The molecule has 1 aromatic rings. The standard InChI is InChI=1S/C18H25ClO/c1-3-5-9-16(4-2)15-20-18-12-8-11-17(14-18)10-6-7-13-19/h8,11-12,14,16H,3-5,7,9,13,15H2,1-2H3. The van der Waals surface area contributed by atoms with Gasteiger partial charge in [0.15, 0.2) is 0 Å². The quantitative estimate of drug-likeness (QED) is 0.469. The van der Waals surface area contributed by atoms with Gasteiger partial charge in [0.25, 0.3) is 0 Å². The highest BCUT2D eigenvalue weighted by Gasteiger charge is 2.06. The number of hydrogen-bond donors (Lipinski definition) is 0. The second-order valence-electron chi connectivity index (χ2n) is 5.00. The predicted molar refractivity (Wildman–Crippen MR) is 87.5 cm³/mol. The van der Waals surface area contributed by atoms with Crippen molar-refractivity contribution < 1.29 is 4.74 Å². The maximum Gasteiger partial charge on any atom is 0.120 e. The van der Waals surface area contributed by atoms with Crippen molar-refractivity contribution in [2.24, 2.45) is 5.92 Å². The van der Waals surface area contributed by atoms with Crippen molar-refractivity contribution in [2.75, 3.05) is 12.5 Å². The van der Waals surface area contributed by atoms with E-state index < -0.39 is 0 Å². The summed E-state index contributed by atoms with van der Waals surface area (Å²) in [5.74, 6) is 8.30. The maximum absolute atomic E-state index is 5.91. The fraction of sp³-hybridized carbons (Fsp3) is 0.556. The van der Waals surface area contributed by atoms with Gasteiger partial charge >= 0.3 is 0 Å². The zero-order chi connectivity index (χ0) is 14.6. The molecule has 110 valence electrons. The summed E-state index contributed by atoms with van der Waals surface area (Å²) in [4.78, 5) is 0. The number of hydrogen-bond acceptors (Lipinski definition) is 1. The minimum Gasteiger partial charge on any atom is -0.493 e. The molecule has 0 fully saturated rings. The zero-order valence-electron chi connectivity index (χ0n) is 12.6. The number of rotatable bonds is 8. The van der Waals surface area contributed by atoms with E-state index in [-0.39, 0.29) is 0 Å². The van der Waals surface area contributed by atoms with Gasteiger partial charge in [-0.05, 0) is 30.5 Å². The summed E-state index contributed by atoms with van der Waals surface area (Å²) in [6.45, 7) is 5.27. The molecule has 1 rings (SSSR count). The third-order valence-corrected chi connectivity index (χ3v) is 3.50. The molecular weight excluding hydrogens is 268 g/mol. The zero-order valence-corrected chi connectivity index (χ0v) is 13.4. The van der Waals surface area contributed by atoms with E-state index in [9.17, 15) is 0 Å². The summed E-state index contributed by atoms with van der Waals surface area (Å²) < 4.78 is 5.91. The highest BCUT2D eigenvalue weighted by Crippen LogP contribution is 2.17. The number of unbranched alkanes of at least 4 members (excludes halogenated alkanes) is 1. The highest BCUT2D eigenvalue weighted by molar-refractivity contribution is 6.18. The fourth-order valence-corrected chi connectivity index (χ4v) is 2.08. The Kier molecular flexibility index (Phi) is 9.00. The van der Waals surface area contributed by atoms with Gasteiger partial charge in [0.2, 0.25) is 0 Å². The molecule has 1 unspecified atom stereocenters. The molecule has 0 radical (unpaired) electrons. The van der Waals surface area contributed by atoms with E-state index in [0.717, 1.165) is 24.3 Å². The van der Waals surface area contributed by atoms with Gasteiger partial charge in [-0.25, -0.2) is 0 Å². The molecule has 0 amide bonds. The largest absolute Gasteiger partial charge is 0.493 e. The van der Waals surface area contributed by atoms with Crippen LogP contribution in [0.1, 0.15) is 51.5 Å². The lowest BCUT2D eigenvalue weighted by atomic mass is 10.0. The molecule has 0 aliphatic heterocycles. The van der Waals surface area contributed by atoms with Crippen LogP contribution in [0.3, 0.4) is 0 Å². The normalized spacial score (nSPS) is 11.6. The first-order valence-electron chi connectivity index (χ1n) is 7.57. The molecule has 0 N–H and O–H groups in total. The Morgan fingerprint density at radius 1 is 1.30 bits per heavy atom. The van der Waals surface area contributed by atoms with Crippen LogP contribution in [0.4, 0.5) is 0 Å². The molecule has 0 aromatic heterocycles. The average Bonchev–Trinajstić information content (AvgIpc) is 2.48. The van der Waals surface area contributed by atoms with Crippen molar-refractivity contribution in [3.63, 3.8) is 0 Å². The molecule has 1 aromatic carbocycles. The van der Waals surface area contributed by atoms with E-state index in [0.29, 0.717) is 11.8 Å². The molecule has 2 heteroatoms. The summed E-state index contributed by atoms with van der Waals surface area (Å²) in [5, 5.41) is 0. The molecule has 0 saturated carbocycles. The van der Waals surface area contributed by atoms with Crippen molar-refractivity contribution in [1.82, 2.24) is 0 Å². The molecule has 0 bridgehead atoms. The number of alkyl halides is 1. The van der Waals surface area contributed by atoms with Gasteiger partial charge in [-0.3, -0.25) is 0 Å². The second kappa shape index (κ2) is 10.6. The van der Waals surface area contributed by atoms with Crippen LogP contribution in [0.2, 0.25) is 0 Å². The van der Waals surface area contributed by atoms with E-state index in [1.165, 1.54) is 25.7 Å². The van der Waals surface area contributed by atoms with Crippen molar-refractivity contribution >= 4 is 11.6 Å². The Morgan fingerprint density at radius 3 is 2.85 bits per heavy atom. The lowest BCUT2D eigenvalue weighted by Crippen LogP contribution is -2.11. The molecule has 0 saturated heterocycles. The molecule has 0 aliphatic rings. The van der Waals surface area contributed by atoms with Crippen molar-refractivity contribution in [3.05, 3.63) is 29.8 Å². The smallest absolute Gasteiger partial charge is 0.120 e. The maximum atomic E-state index is 5.91. The Labute approximate surface area is 128 Å². The monoisotopic (exact) mass is 292 g/mol. The van der Waals surface area contributed by atoms with Crippen molar-refractivity contribution in [2.45, 2.75) is 46.0 Å². The van der Waals surface area contributed by atoms with E-state index >= 15 is 0 Å². The first-order chi connectivity index (χ1) is 9.80. The topological polar surface area (TPSA) is 9.23 Å². The van der Waals surface area contributed by atoms with Crippen LogP contribution in [0, 0.1) is 17.8 Å². The van der Waals surface area contributed by atoms with E-state index in [4.69, 9.17) is 16.3 Å². The van der Waals surface area contributed by atoms with Crippen LogP contribution in [0.15, 0.2) is 24.3 Å². The van der Waals surface area contributed by atoms with Crippen LogP contribution in [0.5, 0.6) is 5.75 Å². The fourth-order valence-electron chi connectivity index (χ4n) is 1.99. The van der Waals surface area contributed by atoms with E-state index in [1.807, 2.05) is 24.3 Å². The minimum absolute atomic E-state index is 0.582. The van der Waals surface area contributed by atoms with Gasteiger partial charge in [-0.1, -0.05) is 51.0 Å². The molecule has 0 spiro atoms. The van der Waals surface area contributed by atoms with E-state index in [2.05, 4.69) is 25.7 Å². The molecule has 0 aliphatic carbocycles. The highest BCUT2D eigenvalue weighted by atomic mass is 35.5. The van der Waals surface area contributed by atoms with Gasteiger partial charge in [0.05, 0.1) is 6.61 Å². The van der Waals surface area contributed by atoms with Crippen molar-refractivity contribution in [1.29, 1.82) is 0 Å². The van der Waals surface area contributed by atoms with Crippen LogP contribution in [-0.2, 0) is 0 Å². The summed E-state index contributed by atoms with van der Waals surface area (Å²) in [6.07, 6.45) is 5.69. The summed E-state index contributed by atoms with van der Waals surface area (Å²) in [5.41, 5.74) is 0.995. The lowest BCUT2D eigenvalue weighted by Gasteiger charge is -2.15. The molecule has 20 heavy (non-hydrogen) atoms. The molecule has 1 atom stereocenters. The first kappa shape index (κ1) is 16.9. The Bertz CT molecular complexity index is 431. The van der Waals surface area contributed by atoms with Crippen molar-refractivity contribution in [3.8, 4) is 17.6 Å². The summed E-state index contributed by atoms with van der Waals surface area (Å²) in [6, 6.07) is 8.00. The number of ether oxygens (including phenoxy) is 1. The molecule has 1 nitrogen and oxygen atoms in total. The predicted octanol–water partition coefficient (Wildman–Crippen LogP) is 5.26. The van der Waals surface area contributed by atoms with Gasteiger partial charge in [-0.15, -0.1) is 11.6 Å². The minimum atomic E-state index is 0.582. The lowest BCUT2D eigenvalue weighted by molar-refractivity contribution is 0.233. The van der Waals surface area contributed by atoms with Gasteiger partial charge < -0.3 is 4.74 Å². The Hall–Kier alpha value is -1.13. The van der Waals surface area contributed by atoms with Crippen LogP contribution >= 0.6 is 11.6 Å².